The lowest BCUT2D eigenvalue weighted by Gasteiger charge is -2.24. The molecule has 0 aromatic carbocycles. The Morgan fingerprint density at radius 2 is 2.41 bits per heavy atom. The van der Waals surface area contributed by atoms with Gasteiger partial charge in [-0.25, -0.2) is 9.69 Å². The highest BCUT2D eigenvalue weighted by Gasteiger charge is 2.35. The molecular weight excluding hydrogens is 222 g/mol. The molecule has 1 rings (SSSR count). The lowest BCUT2D eigenvalue weighted by molar-refractivity contribution is -0.135. The molecule has 0 radical (unpaired) electrons. The van der Waals surface area contributed by atoms with Crippen molar-refractivity contribution in [2.24, 2.45) is 11.8 Å². The van der Waals surface area contributed by atoms with Crippen molar-refractivity contribution in [3.8, 4) is 0 Å². The molecule has 1 aliphatic rings. The van der Waals surface area contributed by atoms with E-state index in [0.29, 0.717) is 19.6 Å². The van der Waals surface area contributed by atoms with Crippen molar-refractivity contribution in [1.29, 1.82) is 0 Å². The topological polar surface area (TPSA) is 55.8 Å². The second-order valence-electron chi connectivity index (χ2n) is 4.17. The summed E-state index contributed by atoms with van der Waals surface area (Å²) in [6, 6.07) is 0. The number of carbonyl (C=O) groups excluding carboxylic acids is 2. The van der Waals surface area contributed by atoms with Crippen LogP contribution in [0.3, 0.4) is 0 Å². The van der Waals surface area contributed by atoms with Crippen molar-refractivity contribution < 1.29 is 19.1 Å². The Bertz CT molecular complexity index is 303. The smallest absolute Gasteiger partial charge is 0.416 e. The molecule has 0 bridgehead atoms. The van der Waals surface area contributed by atoms with Gasteiger partial charge in [0.15, 0.2) is 0 Å². The molecule has 2 amide bonds. The van der Waals surface area contributed by atoms with Crippen LogP contribution in [0.5, 0.6) is 0 Å². The zero-order valence-electron chi connectivity index (χ0n) is 10.3. The molecule has 96 valence electrons. The quantitative estimate of drug-likeness (QED) is 0.660. The van der Waals surface area contributed by atoms with Gasteiger partial charge in [-0.3, -0.25) is 4.79 Å². The summed E-state index contributed by atoms with van der Waals surface area (Å²) in [5.41, 5.74) is 0. The van der Waals surface area contributed by atoms with Crippen LogP contribution in [0.25, 0.3) is 0 Å². The summed E-state index contributed by atoms with van der Waals surface area (Å²) in [4.78, 5) is 24.7. The van der Waals surface area contributed by atoms with E-state index in [1.807, 2.05) is 6.92 Å². The SMILES string of the molecule is C=CCC(C)C(COC)C(=O)N1CCOC1=O. The second-order valence-corrected chi connectivity index (χ2v) is 4.17. The van der Waals surface area contributed by atoms with Gasteiger partial charge in [-0.15, -0.1) is 6.58 Å². The minimum atomic E-state index is -0.554. The minimum Gasteiger partial charge on any atom is -0.447 e. The molecule has 0 aromatic rings. The molecule has 1 aliphatic heterocycles. The van der Waals surface area contributed by atoms with Crippen molar-refractivity contribution in [1.82, 2.24) is 4.90 Å². The van der Waals surface area contributed by atoms with Gasteiger partial charge in [0.1, 0.15) is 6.61 Å². The first kappa shape index (κ1) is 13.7. The van der Waals surface area contributed by atoms with Gasteiger partial charge < -0.3 is 9.47 Å². The Kier molecular flexibility index (Phi) is 5.15. The molecule has 0 spiro atoms. The number of imide groups is 1. The highest BCUT2D eigenvalue weighted by atomic mass is 16.6. The van der Waals surface area contributed by atoms with Crippen LogP contribution in [-0.4, -0.2) is 43.8 Å². The van der Waals surface area contributed by atoms with Crippen molar-refractivity contribution in [2.75, 3.05) is 26.9 Å². The number of cyclic esters (lactones) is 1. The summed E-state index contributed by atoms with van der Waals surface area (Å²) in [5, 5.41) is 0. The van der Waals surface area contributed by atoms with E-state index in [-0.39, 0.29) is 24.3 Å². The third-order valence-electron chi connectivity index (χ3n) is 2.92. The number of hydrogen-bond acceptors (Lipinski definition) is 4. The summed E-state index contributed by atoms with van der Waals surface area (Å²) in [6.07, 6.45) is 1.92. The molecule has 1 saturated heterocycles. The van der Waals surface area contributed by atoms with Crippen molar-refractivity contribution in [3.63, 3.8) is 0 Å². The lowest BCUT2D eigenvalue weighted by atomic mass is 9.90. The Balaban J connectivity index is 2.71. The molecule has 2 unspecified atom stereocenters. The maximum absolute atomic E-state index is 12.2. The molecule has 0 saturated carbocycles. The normalized spacial score (nSPS) is 18.7. The Morgan fingerprint density at radius 1 is 1.71 bits per heavy atom. The molecular formula is C12H19NO4. The zero-order chi connectivity index (χ0) is 12.8. The van der Waals surface area contributed by atoms with Crippen LogP contribution >= 0.6 is 0 Å². The number of hydrogen-bond donors (Lipinski definition) is 0. The summed E-state index contributed by atoms with van der Waals surface area (Å²) < 4.78 is 9.81. The Hall–Kier alpha value is -1.36. The number of rotatable bonds is 6. The number of ether oxygens (including phenoxy) is 2. The molecule has 17 heavy (non-hydrogen) atoms. The fourth-order valence-electron chi connectivity index (χ4n) is 1.88. The molecule has 0 aromatic heterocycles. The Labute approximate surface area is 101 Å². The summed E-state index contributed by atoms with van der Waals surface area (Å²) >= 11 is 0. The minimum absolute atomic E-state index is 0.0911. The summed E-state index contributed by atoms with van der Waals surface area (Å²) in [5.74, 6) is -0.458. The fourth-order valence-corrected chi connectivity index (χ4v) is 1.88. The average Bonchev–Trinajstić information content (AvgIpc) is 2.71. The predicted molar refractivity (Wildman–Crippen MR) is 62.4 cm³/mol. The molecule has 1 heterocycles. The van der Waals surface area contributed by atoms with Gasteiger partial charge in [0.05, 0.1) is 19.1 Å². The third kappa shape index (κ3) is 3.30. The van der Waals surface area contributed by atoms with Gasteiger partial charge in [0, 0.05) is 7.11 Å². The predicted octanol–water partition coefficient (Wildman–Crippen LogP) is 1.44. The van der Waals surface area contributed by atoms with Crippen molar-refractivity contribution in [2.45, 2.75) is 13.3 Å². The standard InChI is InChI=1S/C12H19NO4/c1-4-5-9(2)10(8-16-3)11(14)13-6-7-17-12(13)15/h4,9-10H,1,5-8H2,2-3H3. The second kappa shape index (κ2) is 6.39. The number of allylic oxidation sites excluding steroid dienone is 1. The molecule has 2 atom stereocenters. The molecule has 0 N–H and O–H groups in total. The van der Waals surface area contributed by atoms with Gasteiger partial charge >= 0.3 is 6.09 Å². The number of amides is 2. The van der Waals surface area contributed by atoms with Crippen LogP contribution in [0.2, 0.25) is 0 Å². The monoisotopic (exact) mass is 241 g/mol. The summed E-state index contributed by atoms with van der Waals surface area (Å²) in [6.45, 7) is 6.52. The number of methoxy groups -OCH3 is 1. The molecule has 1 fully saturated rings. The van der Waals surface area contributed by atoms with E-state index in [1.54, 1.807) is 13.2 Å². The van der Waals surface area contributed by atoms with E-state index >= 15 is 0 Å². The van der Waals surface area contributed by atoms with Crippen molar-refractivity contribution >= 4 is 12.0 Å². The van der Waals surface area contributed by atoms with E-state index < -0.39 is 6.09 Å². The van der Waals surface area contributed by atoms with E-state index in [9.17, 15) is 9.59 Å². The van der Waals surface area contributed by atoms with Gasteiger partial charge in [-0.2, -0.15) is 0 Å². The van der Waals surface area contributed by atoms with Crippen molar-refractivity contribution in [3.05, 3.63) is 12.7 Å². The molecule has 5 heteroatoms. The van der Waals surface area contributed by atoms with Crippen LogP contribution in [0, 0.1) is 11.8 Å². The zero-order valence-corrected chi connectivity index (χ0v) is 10.3. The number of nitrogens with zero attached hydrogens (tertiary/aromatic N) is 1. The molecule has 5 nitrogen and oxygen atoms in total. The van der Waals surface area contributed by atoms with E-state index in [2.05, 4.69) is 6.58 Å². The van der Waals surface area contributed by atoms with Gasteiger partial charge in [0.25, 0.3) is 0 Å². The Morgan fingerprint density at radius 3 is 2.88 bits per heavy atom. The fraction of sp³-hybridized carbons (Fsp3) is 0.667. The van der Waals surface area contributed by atoms with Gasteiger partial charge in [-0.1, -0.05) is 13.0 Å². The molecule has 0 aliphatic carbocycles. The van der Waals surface area contributed by atoms with E-state index in [4.69, 9.17) is 9.47 Å². The van der Waals surface area contributed by atoms with Crippen LogP contribution in [0.1, 0.15) is 13.3 Å². The average molecular weight is 241 g/mol. The first-order valence-corrected chi connectivity index (χ1v) is 5.69. The largest absolute Gasteiger partial charge is 0.447 e. The van der Waals surface area contributed by atoms with E-state index in [1.165, 1.54) is 0 Å². The van der Waals surface area contributed by atoms with Crippen LogP contribution in [0.4, 0.5) is 4.79 Å². The maximum atomic E-state index is 12.2. The third-order valence-corrected chi connectivity index (χ3v) is 2.92. The number of carbonyl (C=O) groups is 2. The van der Waals surface area contributed by atoms with Gasteiger partial charge in [-0.05, 0) is 12.3 Å². The first-order valence-electron chi connectivity index (χ1n) is 5.69. The first-order chi connectivity index (χ1) is 8.11. The van der Waals surface area contributed by atoms with Crippen LogP contribution < -0.4 is 0 Å². The maximum Gasteiger partial charge on any atom is 0.416 e. The summed E-state index contributed by atoms with van der Waals surface area (Å²) in [7, 11) is 1.54. The van der Waals surface area contributed by atoms with Gasteiger partial charge in [0.2, 0.25) is 5.91 Å². The van der Waals surface area contributed by atoms with E-state index in [0.717, 1.165) is 4.90 Å². The van der Waals surface area contributed by atoms with Crippen LogP contribution in [0.15, 0.2) is 12.7 Å². The highest BCUT2D eigenvalue weighted by molar-refractivity contribution is 5.94. The highest BCUT2D eigenvalue weighted by Crippen LogP contribution is 2.21. The lowest BCUT2D eigenvalue weighted by Crippen LogP contribution is -2.41. The van der Waals surface area contributed by atoms with Crippen LogP contribution in [-0.2, 0) is 14.3 Å².